The Kier molecular flexibility index (Phi) is 8.80. The third-order valence-electron chi connectivity index (χ3n) is 4.97. The smallest absolute Gasteiger partial charge is 0.191 e. The maximum absolute atomic E-state index is 5.41. The Hall–Kier alpha value is -2.73. The number of aliphatic imine (C=N–C) groups is 1. The number of aryl methyl sites for hydroxylation is 1. The molecule has 2 aromatic carbocycles. The molecule has 0 aliphatic carbocycles. The minimum absolute atomic E-state index is 0.199. The molecule has 0 bridgehead atoms. The second-order valence-electron chi connectivity index (χ2n) is 7.19. The largest absolute Gasteiger partial charge is 0.497 e. The topological polar surface area (TPSA) is 58.1 Å². The summed E-state index contributed by atoms with van der Waals surface area (Å²) < 4.78 is 10.8. The van der Waals surface area contributed by atoms with Crippen molar-refractivity contribution in [1.29, 1.82) is 0 Å². The van der Waals surface area contributed by atoms with E-state index in [9.17, 15) is 0 Å². The molecule has 0 aliphatic heterocycles. The van der Waals surface area contributed by atoms with E-state index in [1.165, 1.54) is 11.1 Å². The van der Waals surface area contributed by atoms with Crippen LogP contribution in [0.5, 0.6) is 11.5 Å². The molecule has 2 rings (SSSR count). The Bertz CT molecular complexity index is 805. The highest BCUT2D eigenvalue weighted by Gasteiger charge is 2.15. The Balaban J connectivity index is 1.91. The fourth-order valence-electron chi connectivity index (χ4n) is 3.21. The average molecular weight is 399 g/mol. The van der Waals surface area contributed by atoms with E-state index in [4.69, 9.17) is 9.47 Å². The zero-order valence-corrected chi connectivity index (χ0v) is 18.5. The van der Waals surface area contributed by atoms with Crippen LogP contribution in [0.3, 0.4) is 0 Å². The monoisotopic (exact) mass is 398 g/mol. The number of hydrogen-bond acceptors (Lipinski definition) is 4. The molecule has 2 aromatic rings. The van der Waals surface area contributed by atoms with Crippen molar-refractivity contribution in [1.82, 2.24) is 15.5 Å². The molecule has 0 fully saturated rings. The van der Waals surface area contributed by atoms with Crippen LogP contribution < -0.4 is 20.1 Å². The fourth-order valence-corrected chi connectivity index (χ4v) is 3.21. The summed E-state index contributed by atoms with van der Waals surface area (Å²) in [6.07, 6.45) is 0.893. The first-order chi connectivity index (χ1) is 14.0. The highest BCUT2D eigenvalue weighted by molar-refractivity contribution is 5.79. The maximum Gasteiger partial charge on any atom is 0.191 e. The van der Waals surface area contributed by atoms with Crippen molar-refractivity contribution in [2.75, 3.05) is 48.5 Å². The molecule has 0 aromatic heterocycles. The number of nitrogens with zero attached hydrogens (tertiary/aromatic N) is 2. The summed E-state index contributed by atoms with van der Waals surface area (Å²) >= 11 is 0. The normalized spacial score (nSPS) is 12.6. The van der Waals surface area contributed by atoms with Gasteiger partial charge in [-0.2, -0.15) is 0 Å². The summed E-state index contributed by atoms with van der Waals surface area (Å²) in [5, 5.41) is 6.83. The summed E-state index contributed by atoms with van der Waals surface area (Å²) in [6, 6.07) is 14.7. The molecule has 0 heterocycles. The van der Waals surface area contributed by atoms with Crippen LogP contribution in [0.15, 0.2) is 47.5 Å². The fraction of sp³-hybridized carbons (Fsp3) is 0.435. The van der Waals surface area contributed by atoms with Gasteiger partial charge in [0.1, 0.15) is 11.5 Å². The summed E-state index contributed by atoms with van der Waals surface area (Å²) in [5.41, 5.74) is 3.58. The van der Waals surface area contributed by atoms with Gasteiger partial charge in [0, 0.05) is 20.1 Å². The molecule has 0 saturated heterocycles. The van der Waals surface area contributed by atoms with Gasteiger partial charge in [0.25, 0.3) is 0 Å². The Morgan fingerprint density at radius 3 is 2.52 bits per heavy atom. The van der Waals surface area contributed by atoms with E-state index in [0.717, 1.165) is 42.5 Å². The van der Waals surface area contributed by atoms with Crippen molar-refractivity contribution in [3.8, 4) is 11.5 Å². The van der Waals surface area contributed by atoms with Crippen LogP contribution >= 0.6 is 0 Å². The number of methoxy groups -OCH3 is 2. The van der Waals surface area contributed by atoms with Gasteiger partial charge in [-0.3, -0.25) is 4.99 Å². The van der Waals surface area contributed by atoms with Gasteiger partial charge in [-0.05, 0) is 62.3 Å². The van der Waals surface area contributed by atoms with Crippen LogP contribution in [0, 0.1) is 6.92 Å². The first-order valence-corrected chi connectivity index (χ1v) is 9.87. The molecule has 1 unspecified atom stereocenters. The standard InChI is InChI=1S/C23H34N4O2/c1-17-10-11-18(14-22(17)29-6)12-13-25-23(24-2)26-16-21(27(3)4)19-8-7-9-20(15-19)28-5/h7-11,14-15,21H,12-13,16H2,1-6H3,(H2,24,25,26). The van der Waals surface area contributed by atoms with E-state index in [0.29, 0.717) is 0 Å². The molecular formula is C23H34N4O2. The number of ether oxygens (including phenoxy) is 2. The molecule has 6 heteroatoms. The summed E-state index contributed by atoms with van der Waals surface area (Å²) in [7, 11) is 9.34. The van der Waals surface area contributed by atoms with Gasteiger partial charge >= 0.3 is 0 Å². The van der Waals surface area contributed by atoms with Gasteiger partial charge in [0.05, 0.1) is 20.3 Å². The van der Waals surface area contributed by atoms with E-state index in [2.05, 4.69) is 71.9 Å². The first-order valence-electron chi connectivity index (χ1n) is 9.87. The molecule has 0 radical (unpaired) electrons. The second kappa shape index (κ2) is 11.3. The number of guanidine groups is 1. The van der Waals surface area contributed by atoms with E-state index >= 15 is 0 Å². The van der Waals surface area contributed by atoms with E-state index in [-0.39, 0.29) is 6.04 Å². The Morgan fingerprint density at radius 1 is 1.07 bits per heavy atom. The highest BCUT2D eigenvalue weighted by Crippen LogP contribution is 2.22. The molecule has 0 amide bonds. The quantitative estimate of drug-likeness (QED) is 0.502. The molecule has 0 spiro atoms. The molecule has 1 atom stereocenters. The molecule has 2 N–H and O–H groups in total. The van der Waals surface area contributed by atoms with Crippen molar-refractivity contribution < 1.29 is 9.47 Å². The summed E-state index contributed by atoms with van der Waals surface area (Å²) in [5.74, 6) is 2.58. The van der Waals surface area contributed by atoms with Crippen LogP contribution in [0.2, 0.25) is 0 Å². The zero-order valence-electron chi connectivity index (χ0n) is 18.5. The van der Waals surface area contributed by atoms with Gasteiger partial charge in [0.15, 0.2) is 5.96 Å². The Morgan fingerprint density at radius 2 is 1.86 bits per heavy atom. The predicted octanol–water partition coefficient (Wildman–Crippen LogP) is 3.02. The van der Waals surface area contributed by atoms with Gasteiger partial charge in [-0.1, -0.05) is 24.3 Å². The van der Waals surface area contributed by atoms with Crippen molar-refractivity contribution in [3.63, 3.8) is 0 Å². The third kappa shape index (κ3) is 6.68. The minimum Gasteiger partial charge on any atom is -0.497 e. The lowest BCUT2D eigenvalue weighted by molar-refractivity contribution is 0.297. The zero-order chi connectivity index (χ0) is 21.2. The lowest BCUT2D eigenvalue weighted by Gasteiger charge is -2.26. The van der Waals surface area contributed by atoms with Gasteiger partial charge in [-0.25, -0.2) is 0 Å². The molecular weight excluding hydrogens is 364 g/mol. The summed E-state index contributed by atoms with van der Waals surface area (Å²) in [6.45, 7) is 3.58. The predicted molar refractivity (Wildman–Crippen MR) is 120 cm³/mol. The van der Waals surface area contributed by atoms with Crippen LogP contribution in [-0.4, -0.2) is 59.3 Å². The van der Waals surface area contributed by atoms with Crippen LogP contribution in [0.4, 0.5) is 0 Å². The summed E-state index contributed by atoms with van der Waals surface area (Å²) in [4.78, 5) is 6.54. The average Bonchev–Trinajstić information content (AvgIpc) is 2.73. The van der Waals surface area contributed by atoms with Gasteiger partial charge in [-0.15, -0.1) is 0 Å². The number of benzene rings is 2. The lowest BCUT2D eigenvalue weighted by Crippen LogP contribution is -2.42. The van der Waals surface area contributed by atoms with Gasteiger partial charge in [0.2, 0.25) is 0 Å². The van der Waals surface area contributed by atoms with Crippen molar-refractivity contribution in [3.05, 3.63) is 59.2 Å². The van der Waals surface area contributed by atoms with E-state index in [1.807, 2.05) is 12.1 Å². The molecule has 158 valence electrons. The number of hydrogen-bond donors (Lipinski definition) is 2. The van der Waals surface area contributed by atoms with Gasteiger partial charge < -0.3 is 25.0 Å². The molecule has 0 saturated carbocycles. The highest BCUT2D eigenvalue weighted by atomic mass is 16.5. The SMILES string of the molecule is CN=C(NCCc1ccc(C)c(OC)c1)NCC(c1cccc(OC)c1)N(C)C. The van der Waals surface area contributed by atoms with Crippen molar-refractivity contribution in [2.24, 2.45) is 4.99 Å². The van der Waals surface area contributed by atoms with E-state index in [1.54, 1.807) is 21.3 Å². The number of nitrogens with one attached hydrogen (secondary N) is 2. The molecule has 0 aliphatic rings. The van der Waals surface area contributed by atoms with Crippen molar-refractivity contribution in [2.45, 2.75) is 19.4 Å². The molecule has 29 heavy (non-hydrogen) atoms. The van der Waals surface area contributed by atoms with Crippen LogP contribution in [0.1, 0.15) is 22.7 Å². The third-order valence-corrected chi connectivity index (χ3v) is 4.97. The van der Waals surface area contributed by atoms with E-state index < -0.39 is 0 Å². The minimum atomic E-state index is 0.199. The van der Waals surface area contributed by atoms with Crippen LogP contribution in [0.25, 0.3) is 0 Å². The first kappa shape index (κ1) is 22.6. The number of likely N-dealkylation sites (N-methyl/N-ethyl adjacent to an activating group) is 1. The molecule has 6 nitrogen and oxygen atoms in total. The lowest BCUT2D eigenvalue weighted by atomic mass is 10.1. The Labute approximate surface area is 174 Å². The second-order valence-corrected chi connectivity index (χ2v) is 7.19. The van der Waals surface area contributed by atoms with Crippen molar-refractivity contribution >= 4 is 5.96 Å². The number of rotatable bonds is 9. The maximum atomic E-state index is 5.41. The van der Waals surface area contributed by atoms with Crippen LogP contribution in [-0.2, 0) is 6.42 Å².